The van der Waals surface area contributed by atoms with E-state index in [0.717, 1.165) is 5.56 Å². The van der Waals surface area contributed by atoms with E-state index < -0.39 is 4.92 Å². The van der Waals surface area contributed by atoms with Crippen LogP contribution in [0.3, 0.4) is 0 Å². The highest BCUT2D eigenvalue weighted by molar-refractivity contribution is 5.97. The number of rotatable bonds is 2. The normalized spacial score (nSPS) is 13.4. The van der Waals surface area contributed by atoms with Gasteiger partial charge in [-0.1, -0.05) is 0 Å². The Hall–Kier alpha value is -2.11. The Labute approximate surface area is 97.9 Å². The van der Waals surface area contributed by atoms with Gasteiger partial charge in [0.05, 0.1) is 12.0 Å². The van der Waals surface area contributed by atoms with Gasteiger partial charge in [0.15, 0.2) is 0 Å². The standard InChI is InChI=1S/C11H12N2O4/c1-7(14)12-6-5-8-10(17-2)4-3-9(11(8)12)13(15)16/h3-4H,5-6H2,1-2H3. The summed E-state index contributed by atoms with van der Waals surface area (Å²) in [6, 6.07) is 2.94. The molecule has 0 saturated carbocycles. The summed E-state index contributed by atoms with van der Waals surface area (Å²) in [7, 11) is 1.51. The van der Waals surface area contributed by atoms with Crippen LogP contribution in [0.4, 0.5) is 11.4 Å². The lowest BCUT2D eigenvalue weighted by molar-refractivity contribution is -0.384. The average molecular weight is 236 g/mol. The molecule has 0 bridgehead atoms. The molecule has 6 heteroatoms. The lowest BCUT2D eigenvalue weighted by atomic mass is 10.1. The molecule has 1 amide bonds. The van der Waals surface area contributed by atoms with Crippen LogP contribution in [0.25, 0.3) is 0 Å². The van der Waals surface area contributed by atoms with Crippen LogP contribution in [0.2, 0.25) is 0 Å². The van der Waals surface area contributed by atoms with Crippen LogP contribution in [-0.2, 0) is 11.2 Å². The molecule has 0 saturated heterocycles. The number of carbonyl (C=O) groups is 1. The van der Waals surface area contributed by atoms with Gasteiger partial charge in [-0.3, -0.25) is 14.9 Å². The maximum Gasteiger partial charge on any atom is 0.293 e. The first-order valence-corrected chi connectivity index (χ1v) is 5.18. The fourth-order valence-electron chi connectivity index (χ4n) is 2.14. The zero-order valence-electron chi connectivity index (χ0n) is 9.60. The number of hydrogen-bond acceptors (Lipinski definition) is 4. The van der Waals surface area contributed by atoms with Gasteiger partial charge in [0, 0.05) is 25.1 Å². The quantitative estimate of drug-likeness (QED) is 0.576. The molecule has 1 aliphatic heterocycles. The van der Waals surface area contributed by atoms with E-state index in [4.69, 9.17) is 4.74 Å². The molecule has 0 fully saturated rings. The first-order chi connectivity index (χ1) is 8.06. The summed E-state index contributed by atoms with van der Waals surface area (Å²) < 4.78 is 5.16. The lowest BCUT2D eigenvalue weighted by Crippen LogP contribution is -2.26. The molecular weight excluding hydrogens is 224 g/mol. The molecule has 1 aromatic rings. The van der Waals surface area contributed by atoms with Gasteiger partial charge in [-0.15, -0.1) is 0 Å². The fourth-order valence-corrected chi connectivity index (χ4v) is 2.14. The number of anilines is 1. The van der Waals surface area contributed by atoms with E-state index in [-0.39, 0.29) is 11.6 Å². The van der Waals surface area contributed by atoms with E-state index in [1.54, 1.807) is 6.07 Å². The van der Waals surface area contributed by atoms with Gasteiger partial charge in [-0.25, -0.2) is 0 Å². The Kier molecular flexibility index (Phi) is 2.71. The molecule has 0 spiro atoms. The maximum absolute atomic E-state index is 11.4. The van der Waals surface area contributed by atoms with E-state index in [9.17, 15) is 14.9 Å². The zero-order chi connectivity index (χ0) is 12.6. The van der Waals surface area contributed by atoms with E-state index in [0.29, 0.717) is 24.4 Å². The maximum atomic E-state index is 11.4. The van der Waals surface area contributed by atoms with Gasteiger partial charge < -0.3 is 9.64 Å². The van der Waals surface area contributed by atoms with Gasteiger partial charge in [-0.2, -0.15) is 0 Å². The van der Waals surface area contributed by atoms with Crippen molar-refractivity contribution in [2.45, 2.75) is 13.3 Å². The Morgan fingerprint density at radius 3 is 2.76 bits per heavy atom. The van der Waals surface area contributed by atoms with Crippen molar-refractivity contribution in [1.82, 2.24) is 0 Å². The zero-order valence-corrected chi connectivity index (χ0v) is 9.60. The highest BCUT2D eigenvalue weighted by atomic mass is 16.6. The molecule has 17 heavy (non-hydrogen) atoms. The third-order valence-electron chi connectivity index (χ3n) is 2.87. The molecule has 1 aliphatic rings. The van der Waals surface area contributed by atoms with Crippen molar-refractivity contribution in [3.05, 3.63) is 27.8 Å². The molecule has 1 aromatic carbocycles. The summed E-state index contributed by atoms with van der Waals surface area (Å²) in [5.41, 5.74) is 1.06. The number of nitro benzene ring substituents is 1. The van der Waals surface area contributed by atoms with Crippen molar-refractivity contribution >= 4 is 17.3 Å². The minimum atomic E-state index is -0.473. The lowest BCUT2D eigenvalue weighted by Gasteiger charge is -2.15. The van der Waals surface area contributed by atoms with Crippen LogP contribution in [-0.4, -0.2) is 24.5 Å². The number of nitro groups is 1. The highest BCUT2D eigenvalue weighted by Gasteiger charge is 2.32. The predicted molar refractivity (Wildman–Crippen MR) is 61.4 cm³/mol. The van der Waals surface area contributed by atoms with Crippen LogP contribution < -0.4 is 9.64 Å². The molecule has 0 aromatic heterocycles. The molecule has 0 N–H and O–H groups in total. The fraction of sp³-hybridized carbons (Fsp3) is 0.364. The Balaban J connectivity index is 2.64. The minimum absolute atomic E-state index is 0.0477. The largest absolute Gasteiger partial charge is 0.496 e. The SMILES string of the molecule is COc1ccc([N+](=O)[O-])c2c1CCN2C(C)=O. The molecule has 2 rings (SSSR count). The summed E-state index contributed by atoms with van der Waals surface area (Å²) in [6.07, 6.45) is 0.583. The van der Waals surface area contributed by atoms with Gasteiger partial charge >= 0.3 is 0 Å². The second-order valence-electron chi connectivity index (χ2n) is 3.79. The molecule has 0 atom stereocenters. The number of benzene rings is 1. The Bertz CT molecular complexity index is 498. The molecule has 6 nitrogen and oxygen atoms in total. The number of carbonyl (C=O) groups excluding carboxylic acids is 1. The molecule has 0 unspecified atom stereocenters. The number of ether oxygens (including phenoxy) is 1. The van der Waals surface area contributed by atoms with Crippen molar-refractivity contribution in [3.8, 4) is 5.75 Å². The van der Waals surface area contributed by atoms with Gasteiger partial charge in [0.25, 0.3) is 5.69 Å². The number of methoxy groups -OCH3 is 1. The summed E-state index contributed by atoms with van der Waals surface area (Å²) >= 11 is 0. The number of fused-ring (bicyclic) bond motifs is 1. The van der Waals surface area contributed by atoms with Gasteiger partial charge in [0.1, 0.15) is 11.4 Å². The monoisotopic (exact) mass is 236 g/mol. The van der Waals surface area contributed by atoms with Crippen molar-refractivity contribution < 1.29 is 14.5 Å². The number of nitrogens with zero attached hydrogens (tertiary/aromatic N) is 2. The minimum Gasteiger partial charge on any atom is -0.496 e. The molecule has 1 heterocycles. The molecule has 90 valence electrons. The summed E-state index contributed by atoms with van der Waals surface area (Å²) in [5, 5.41) is 11.0. The molecule has 0 aliphatic carbocycles. The van der Waals surface area contributed by atoms with Crippen molar-refractivity contribution in [2.75, 3.05) is 18.6 Å². The first kappa shape index (κ1) is 11.4. The summed E-state index contributed by atoms with van der Waals surface area (Å²) in [4.78, 5) is 23.4. The topological polar surface area (TPSA) is 72.7 Å². The van der Waals surface area contributed by atoms with E-state index in [1.165, 1.54) is 25.0 Å². The predicted octanol–water partition coefficient (Wildman–Crippen LogP) is 1.51. The second-order valence-corrected chi connectivity index (χ2v) is 3.79. The van der Waals surface area contributed by atoms with Crippen molar-refractivity contribution in [3.63, 3.8) is 0 Å². The number of hydrogen-bond donors (Lipinski definition) is 0. The third kappa shape index (κ3) is 1.71. The Morgan fingerprint density at radius 2 is 2.24 bits per heavy atom. The van der Waals surface area contributed by atoms with E-state index in [1.807, 2.05) is 0 Å². The van der Waals surface area contributed by atoms with Gasteiger partial charge in [0.2, 0.25) is 5.91 Å². The van der Waals surface area contributed by atoms with Crippen LogP contribution in [0, 0.1) is 10.1 Å². The smallest absolute Gasteiger partial charge is 0.293 e. The van der Waals surface area contributed by atoms with Crippen LogP contribution >= 0.6 is 0 Å². The van der Waals surface area contributed by atoms with E-state index >= 15 is 0 Å². The molecule has 0 radical (unpaired) electrons. The average Bonchev–Trinajstić information content (AvgIpc) is 2.71. The van der Waals surface area contributed by atoms with Crippen LogP contribution in [0.5, 0.6) is 5.75 Å². The van der Waals surface area contributed by atoms with Crippen LogP contribution in [0.15, 0.2) is 12.1 Å². The third-order valence-corrected chi connectivity index (χ3v) is 2.87. The highest BCUT2D eigenvalue weighted by Crippen LogP contribution is 2.42. The number of amides is 1. The summed E-state index contributed by atoms with van der Waals surface area (Å²) in [6.45, 7) is 1.87. The first-order valence-electron chi connectivity index (χ1n) is 5.18. The van der Waals surface area contributed by atoms with Gasteiger partial charge in [-0.05, 0) is 12.5 Å². The Morgan fingerprint density at radius 1 is 1.53 bits per heavy atom. The second kappa shape index (κ2) is 4.04. The van der Waals surface area contributed by atoms with Crippen molar-refractivity contribution in [1.29, 1.82) is 0 Å². The van der Waals surface area contributed by atoms with E-state index in [2.05, 4.69) is 0 Å². The van der Waals surface area contributed by atoms with Crippen molar-refractivity contribution in [2.24, 2.45) is 0 Å². The molecular formula is C11H12N2O4. The summed E-state index contributed by atoms with van der Waals surface area (Å²) in [5.74, 6) is 0.398. The van der Waals surface area contributed by atoms with Crippen LogP contribution in [0.1, 0.15) is 12.5 Å².